The first-order chi connectivity index (χ1) is 9.48. The zero-order valence-electron chi connectivity index (χ0n) is 13.4. The molecule has 0 aliphatic carbocycles. The molecular formula is C16H28N2O2. The predicted octanol–water partition coefficient (Wildman–Crippen LogP) is 2.65. The number of nitrogens with two attached hydrogens (primary N) is 1. The average Bonchev–Trinajstić information content (AvgIpc) is 2.40. The van der Waals surface area contributed by atoms with E-state index in [0.29, 0.717) is 6.61 Å². The second-order valence-electron chi connectivity index (χ2n) is 5.12. The summed E-state index contributed by atoms with van der Waals surface area (Å²) in [6, 6.07) is 6.02. The Morgan fingerprint density at radius 2 is 1.80 bits per heavy atom. The summed E-state index contributed by atoms with van der Waals surface area (Å²) in [7, 11) is 1.65. The van der Waals surface area contributed by atoms with Crippen LogP contribution in [0.25, 0.3) is 0 Å². The molecule has 0 bridgehead atoms. The number of likely N-dealkylation sites (N-methyl/N-ethyl adjacent to an activating group) is 1. The van der Waals surface area contributed by atoms with Gasteiger partial charge in [-0.15, -0.1) is 0 Å². The van der Waals surface area contributed by atoms with Crippen LogP contribution in [0.2, 0.25) is 0 Å². The van der Waals surface area contributed by atoms with Crippen molar-refractivity contribution in [2.24, 2.45) is 5.73 Å². The number of ether oxygens (including phenoxy) is 2. The van der Waals surface area contributed by atoms with Gasteiger partial charge < -0.3 is 15.2 Å². The molecule has 0 radical (unpaired) electrons. The van der Waals surface area contributed by atoms with Gasteiger partial charge in [0.1, 0.15) is 0 Å². The second kappa shape index (κ2) is 7.50. The third kappa shape index (κ3) is 4.12. The Morgan fingerprint density at radius 1 is 1.15 bits per heavy atom. The van der Waals surface area contributed by atoms with Crippen molar-refractivity contribution in [3.8, 4) is 11.5 Å². The summed E-state index contributed by atoms with van der Waals surface area (Å²) in [5.41, 5.74) is 7.26. The molecule has 20 heavy (non-hydrogen) atoms. The van der Waals surface area contributed by atoms with Crippen LogP contribution in [-0.2, 0) is 6.42 Å². The molecule has 4 heteroatoms. The quantitative estimate of drug-likeness (QED) is 0.744. The number of hydrogen-bond donors (Lipinski definition) is 1. The second-order valence-corrected chi connectivity index (χ2v) is 5.12. The van der Waals surface area contributed by atoms with Crippen LogP contribution in [0, 0.1) is 0 Å². The van der Waals surface area contributed by atoms with E-state index in [1.807, 2.05) is 19.1 Å². The Balaban J connectivity index is 2.94. The molecule has 0 aliphatic rings. The molecule has 2 N–H and O–H groups in total. The fourth-order valence-corrected chi connectivity index (χ4v) is 2.57. The van der Waals surface area contributed by atoms with Crippen LogP contribution in [0.3, 0.4) is 0 Å². The van der Waals surface area contributed by atoms with Gasteiger partial charge in [-0.25, -0.2) is 0 Å². The first-order valence-corrected chi connectivity index (χ1v) is 7.32. The van der Waals surface area contributed by atoms with Crippen molar-refractivity contribution in [1.82, 2.24) is 4.90 Å². The van der Waals surface area contributed by atoms with Gasteiger partial charge in [-0.1, -0.05) is 19.9 Å². The summed E-state index contributed by atoms with van der Waals surface area (Å²) in [5.74, 6) is 1.54. The van der Waals surface area contributed by atoms with E-state index in [1.165, 1.54) is 0 Å². The summed E-state index contributed by atoms with van der Waals surface area (Å²) in [6.07, 6.45) is 0.777. The molecule has 1 atom stereocenters. The Morgan fingerprint density at radius 3 is 2.30 bits per heavy atom. The molecule has 0 spiro atoms. The van der Waals surface area contributed by atoms with Crippen molar-refractivity contribution in [2.45, 2.75) is 39.8 Å². The van der Waals surface area contributed by atoms with Crippen molar-refractivity contribution in [3.05, 3.63) is 23.8 Å². The molecule has 0 heterocycles. The predicted molar refractivity (Wildman–Crippen MR) is 83.4 cm³/mol. The van der Waals surface area contributed by atoms with Crippen molar-refractivity contribution in [2.75, 3.05) is 26.8 Å². The van der Waals surface area contributed by atoms with Gasteiger partial charge in [0, 0.05) is 6.42 Å². The molecule has 0 aliphatic heterocycles. The van der Waals surface area contributed by atoms with Crippen molar-refractivity contribution < 1.29 is 9.47 Å². The van der Waals surface area contributed by atoms with Crippen LogP contribution in [0.5, 0.6) is 11.5 Å². The highest BCUT2D eigenvalue weighted by Gasteiger charge is 2.25. The Kier molecular flexibility index (Phi) is 6.30. The van der Waals surface area contributed by atoms with E-state index in [1.54, 1.807) is 7.11 Å². The standard InChI is InChI=1S/C16H28N2O2/c1-6-18(7-2)16(4,17)12-13-9-10-14(19-5)15(11-13)20-8-3/h9-11H,6-8,12,17H2,1-5H3. The zero-order valence-corrected chi connectivity index (χ0v) is 13.4. The van der Waals surface area contributed by atoms with Crippen LogP contribution < -0.4 is 15.2 Å². The van der Waals surface area contributed by atoms with Gasteiger partial charge in [-0.05, 0) is 44.6 Å². The van der Waals surface area contributed by atoms with Gasteiger partial charge in [0.15, 0.2) is 11.5 Å². The average molecular weight is 280 g/mol. The van der Waals surface area contributed by atoms with Gasteiger partial charge >= 0.3 is 0 Å². The minimum Gasteiger partial charge on any atom is -0.493 e. The minimum absolute atomic E-state index is 0.360. The maximum atomic E-state index is 6.46. The first-order valence-electron chi connectivity index (χ1n) is 7.32. The van der Waals surface area contributed by atoms with Crippen LogP contribution >= 0.6 is 0 Å². The molecular weight excluding hydrogens is 252 g/mol. The lowest BCUT2D eigenvalue weighted by molar-refractivity contribution is 0.123. The van der Waals surface area contributed by atoms with Crippen molar-refractivity contribution >= 4 is 0 Å². The van der Waals surface area contributed by atoms with E-state index in [0.717, 1.165) is 36.6 Å². The lowest BCUT2D eigenvalue weighted by Crippen LogP contribution is -2.55. The van der Waals surface area contributed by atoms with Crippen LogP contribution in [0.1, 0.15) is 33.3 Å². The van der Waals surface area contributed by atoms with E-state index in [-0.39, 0.29) is 5.66 Å². The molecule has 1 rings (SSSR count). The SMILES string of the molecule is CCOc1cc(CC(C)(N)N(CC)CC)ccc1OC. The van der Waals surface area contributed by atoms with Crippen molar-refractivity contribution in [3.63, 3.8) is 0 Å². The number of nitrogens with zero attached hydrogens (tertiary/aromatic N) is 1. The molecule has 1 unspecified atom stereocenters. The summed E-state index contributed by atoms with van der Waals surface area (Å²) in [4.78, 5) is 2.26. The number of rotatable bonds is 8. The van der Waals surface area contributed by atoms with Gasteiger partial charge in [0.05, 0.1) is 19.4 Å². The molecule has 0 aromatic heterocycles. The maximum absolute atomic E-state index is 6.46. The van der Waals surface area contributed by atoms with Gasteiger partial charge in [-0.3, -0.25) is 4.90 Å². The third-order valence-corrected chi connectivity index (χ3v) is 3.58. The molecule has 0 saturated carbocycles. The lowest BCUT2D eigenvalue weighted by atomic mass is 10.00. The highest BCUT2D eigenvalue weighted by atomic mass is 16.5. The summed E-state index contributed by atoms with van der Waals surface area (Å²) in [6.45, 7) is 10.8. The Hall–Kier alpha value is -1.26. The minimum atomic E-state index is -0.360. The fraction of sp³-hybridized carbons (Fsp3) is 0.625. The van der Waals surface area contributed by atoms with E-state index in [2.05, 4.69) is 31.7 Å². The molecule has 114 valence electrons. The van der Waals surface area contributed by atoms with Crippen LogP contribution in [0.15, 0.2) is 18.2 Å². The van der Waals surface area contributed by atoms with Crippen molar-refractivity contribution in [1.29, 1.82) is 0 Å². The highest BCUT2D eigenvalue weighted by Crippen LogP contribution is 2.29. The number of methoxy groups -OCH3 is 1. The molecule has 1 aromatic rings. The molecule has 0 fully saturated rings. The van der Waals surface area contributed by atoms with Gasteiger partial charge in [-0.2, -0.15) is 0 Å². The first kappa shape index (κ1) is 16.8. The molecule has 0 saturated heterocycles. The van der Waals surface area contributed by atoms with E-state index < -0.39 is 0 Å². The topological polar surface area (TPSA) is 47.7 Å². The third-order valence-electron chi connectivity index (χ3n) is 3.58. The number of hydrogen-bond acceptors (Lipinski definition) is 4. The summed E-state index contributed by atoms with van der Waals surface area (Å²) in [5, 5.41) is 0. The highest BCUT2D eigenvalue weighted by molar-refractivity contribution is 5.43. The molecule has 0 amide bonds. The monoisotopic (exact) mass is 280 g/mol. The van der Waals surface area contributed by atoms with Crippen LogP contribution in [0.4, 0.5) is 0 Å². The summed E-state index contributed by atoms with van der Waals surface area (Å²) < 4.78 is 10.9. The molecule has 1 aromatic carbocycles. The molecule has 4 nitrogen and oxygen atoms in total. The Bertz CT molecular complexity index is 415. The Labute approximate surface area is 122 Å². The summed E-state index contributed by atoms with van der Waals surface area (Å²) >= 11 is 0. The van der Waals surface area contributed by atoms with Gasteiger partial charge in [0.2, 0.25) is 0 Å². The van der Waals surface area contributed by atoms with E-state index in [4.69, 9.17) is 15.2 Å². The number of benzene rings is 1. The fourth-order valence-electron chi connectivity index (χ4n) is 2.57. The van der Waals surface area contributed by atoms with E-state index >= 15 is 0 Å². The normalized spacial score (nSPS) is 14.2. The largest absolute Gasteiger partial charge is 0.493 e. The maximum Gasteiger partial charge on any atom is 0.161 e. The van der Waals surface area contributed by atoms with E-state index in [9.17, 15) is 0 Å². The van der Waals surface area contributed by atoms with Crippen LogP contribution in [-0.4, -0.2) is 37.4 Å². The lowest BCUT2D eigenvalue weighted by Gasteiger charge is -2.37. The zero-order chi connectivity index (χ0) is 15.2. The smallest absolute Gasteiger partial charge is 0.161 e. The van der Waals surface area contributed by atoms with Gasteiger partial charge in [0.25, 0.3) is 0 Å².